The lowest BCUT2D eigenvalue weighted by molar-refractivity contribution is -0.147. The first kappa shape index (κ1) is 42.1. The van der Waals surface area contributed by atoms with Crippen LogP contribution in [-0.4, -0.2) is 46.6 Å². The minimum absolute atomic E-state index is 0.103. The normalized spacial score (nSPS) is 12.4. The summed E-state index contributed by atoms with van der Waals surface area (Å²) in [7, 11) is 0. The zero-order chi connectivity index (χ0) is 32.8. The number of benzene rings is 1. The second-order valence-electron chi connectivity index (χ2n) is 13.0. The maximum atomic E-state index is 11.4. The molecule has 0 bridgehead atoms. The summed E-state index contributed by atoms with van der Waals surface area (Å²) < 4.78 is 4.88. The summed E-state index contributed by atoms with van der Waals surface area (Å²) in [4.78, 5) is 22.2. The number of ether oxygens (including phenoxy) is 1. The fourth-order valence-electron chi connectivity index (χ4n) is 5.22. The van der Waals surface area contributed by atoms with Crippen LogP contribution in [0.2, 0.25) is 0 Å². The van der Waals surface area contributed by atoms with Crippen LogP contribution in [0.3, 0.4) is 0 Å². The number of carboxylic acids is 1. The Morgan fingerprint density at radius 3 is 1.45 bits per heavy atom. The Labute approximate surface area is 270 Å². The maximum absolute atomic E-state index is 11.4. The van der Waals surface area contributed by atoms with Gasteiger partial charge in [-0.3, -0.25) is 9.59 Å². The van der Waals surface area contributed by atoms with E-state index in [1.54, 1.807) is 6.92 Å². The molecule has 0 aliphatic carbocycles. The number of aliphatic carboxylic acids is 1. The van der Waals surface area contributed by atoms with E-state index in [2.05, 4.69) is 20.8 Å². The highest BCUT2D eigenvalue weighted by Crippen LogP contribution is 2.18. The largest absolute Gasteiger partial charge is 0.481 e. The van der Waals surface area contributed by atoms with Crippen LogP contribution < -0.4 is 0 Å². The Bertz CT molecular complexity index is 791. The first-order valence-electron chi connectivity index (χ1n) is 18.0. The summed E-state index contributed by atoms with van der Waals surface area (Å²) in [6.07, 6.45) is 25.9. The van der Waals surface area contributed by atoms with Crippen molar-refractivity contribution in [2.75, 3.05) is 13.2 Å². The number of unbranched alkanes of at least 4 members (excludes halogenated alkanes) is 18. The number of aliphatic hydroxyl groups is 2. The zero-order valence-electron chi connectivity index (χ0n) is 28.9. The first-order chi connectivity index (χ1) is 21.2. The van der Waals surface area contributed by atoms with E-state index in [0.29, 0.717) is 12.3 Å². The number of esters is 1. The molecule has 44 heavy (non-hydrogen) atoms. The lowest BCUT2D eigenvalue weighted by Gasteiger charge is -2.09. The van der Waals surface area contributed by atoms with E-state index in [-0.39, 0.29) is 19.2 Å². The summed E-state index contributed by atoms with van der Waals surface area (Å²) in [6.45, 7) is 7.86. The zero-order valence-corrected chi connectivity index (χ0v) is 28.9. The Hall–Kier alpha value is -1.92. The topological polar surface area (TPSA) is 104 Å². The molecule has 0 aliphatic rings. The molecule has 0 radical (unpaired) electrons. The van der Waals surface area contributed by atoms with Crippen LogP contribution in [0.5, 0.6) is 0 Å². The summed E-state index contributed by atoms with van der Waals surface area (Å²) >= 11 is 0. The molecule has 1 aromatic rings. The third-order valence-corrected chi connectivity index (χ3v) is 8.13. The Morgan fingerprint density at radius 2 is 1.09 bits per heavy atom. The molecular formula is C38H68O6. The van der Waals surface area contributed by atoms with Crippen molar-refractivity contribution in [3.05, 3.63) is 35.4 Å². The Kier molecular flexibility index (Phi) is 28.5. The summed E-state index contributed by atoms with van der Waals surface area (Å²) in [5, 5.41) is 26.6. The first-order valence-corrected chi connectivity index (χ1v) is 18.0. The lowest BCUT2D eigenvalue weighted by atomic mass is 9.97. The number of aliphatic hydroxyl groups excluding tert-OH is 2. The molecule has 0 saturated heterocycles. The van der Waals surface area contributed by atoms with Crippen LogP contribution in [-0.2, 0) is 20.7 Å². The minimum Gasteiger partial charge on any atom is -0.481 e. The second-order valence-corrected chi connectivity index (χ2v) is 13.0. The fourth-order valence-corrected chi connectivity index (χ4v) is 5.22. The molecule has 2 unspecified atom stereocenters. The predicted octanol–water partition coefficient (Wildman–Crippen LogP) is 9.78. The van der Waals surface area contributed by atoms with Crippen molar-refractivity contribution in [2.45, 2.75) is 175 Å². The number of carbonyl (C=O) groups is 2. The van der Waals surface area contributed by atoms with Gasteiger partial charge in [0.1, 0.15) is 12.7 Å². The van der Waals surface area contributed by atoms with Gasteiger partial charge in [-0.25, -0.2) is 0 Å². The van der Waals surface area contributed by atoms with E-state index in [9.17, 15) is 9.59 Å². The number of rotatable bonds is 27. The predicted molar refractivity (Wildman–Crippen MR) is 183 cm³/mol. The quantitative estimate of drug-likeness (QED) is 0.0668. The van der Waals surface area contributed by atoms with Crippen LogP contribution in [0.4, 0.5) is 0 Å². The number of hydrogen-bond acceptors (Lipinski definition) is 5. The molecule has 0 amide bonds. The molecule has 1 aromatic carbocycles. The lowest BCUT2D eigenvalue weighted by Crippen LogP contribution is -2.21. The summed E-state index contributed by atoms with van der Waals surface area (Å²) in [5.74, 6) is -0.832. The number of hydrogen-bond donors (Lipinski definition) is 3. The van der Waals surface area contributed by atoms with Crippen molar-refractivity contribution in [1.29, 1.82) is 0 Å². The average Bonchev–Trinajstić information content (AvgIpc) is 3.01. The molecule has 2 atom stereocenters. The summed E-state index contributed by atoms with van der Waals surface area (Å²) in [5.41, 5.74) is 2.14. The van der Waals surface area contributed by atoms with Crippen LogP contribution in [0.1, 0.15) is 173 Å². The van der Waals surface area contributed by atoms with E-state index in [1.807, 2.05) is 24.3 Å². The van der Waals surface area contributed by atoms with Crippen LogP contribution >= 0.6 is 0 Å². The van der Waals surface area contributed by atoms with Gasteiger partial charge in [-0.1, -0.05) is 161 Å². The Morgan fingerprint density at radius 1 is 0.682 bits per heavy atom. The molecule has 0 aliphatic heterocycles. The van der Waals surface area contributed by atoms with E-state index >= 15 is 0 Å². The summed E-state index contributed by atoms with van der Waals surface area (Å²) in [6, 6.07) is 7.87. The fraction of sp³-hybridized carbons (Fsp3) is 0.789. The van der Waals surface area contributed by atoms with E-state index < -0.39 is 18.0 Å². The van der Waals surface area contributed by atoms with Crippen LogP contribution in [0.25, 0.3) is 0 Å². The maximum Gasteiger partial charge on any atom is 0.310 e. The highest BCUT2D eigenvalue weighted by Gasteiger charge is 2.13. The van der Waals surface area contributed by atoms with Crippen molar-refractivity contribution < 1.29 is 29.6 Å². The molecule has 3 N–H and O–H groups in total. The minimum atomic E-state index is -0.955. The van der Waals surface area contributed by atoms with Gasteiger partial charge in [0.2, 0.25) is 0 Å². The molecule has 1 rings (SSSR count). The molecule has 256 valence electrons. The van der Waals surface area contributed by atoms with Gasteiger partial charge in [-0.2, -0.15) is 0 Å². The SMILES string of the molecule is CC(C)Cc1ccc(C(C)C(=O)O)cc1.CCCCCCCCCCCCCCCCCCCCCC(=O)OCC(O)CO. The van der Waals surface area contributed by atoms with Crippen molar-refractivity contribution in [1.82, 2.24) is 0 Å². The van der Waals surface area contributed by atoms with Crippen LogP contribution in [0, 0.1) is 5.92 Å². The molecule has 0 saturated carbocycles. The van der Waals surface area contributed by atoms with Gasteiger partial charge < -0.3 is 20.1 Å². The van der Waals surface area contributed by atoms with Gasteiger partial charge in [0, 0.05) is 6.42 Å². The molecule has 0 spiro atoms. The van der Waals surface area contributed by atoms with Crippen molar-refractivity contribution in [3.8, 4) is 0 Å². The molecule has 0 fully saturated rings. The van der Waals surface area contributed by atoms with E-state index in [4.69, 9.17) is 20.1 Å². The van der Waals surface area contributed by atoms with Gasteiger partial charge in [-0.15, -0.1) is 0 Å². The molecular weight excluding hydrogens is 552 g/mol. The third-order valence-electron chi connectivity index (χ3n) is 8.13. The van der Waals surface area contributed by atoms with Crippen molar-refractivity contribution in [3.63, 3.8) is 0 Å². The van der Waals surface area contributed by atoms with Gasteiger partial charge in [0.15, 0.2) is 0 Å². The van der Waals surface area contributed by atoms with Gasteiger partial charge in [0.25, 0.3) is 0 Å². The molecule has 6 nitrogen and oxygen atoms in total. The van der Waals surface area contributed by atoms with Gasteiger partial charge in [-0.05, 0) is 36.8 Å². The van der Waals surface area contributed by atoms with E-state index in [1.165, 1.54) is 115 Å². The highest BCUT2D eigenvalue weighted by atomic mass is 16.5. The molecule has 0 aromatic heterocycles. The second kappa shape index (κ2) is 29.8. The van der Waals surface area contributed by atoms with Crippen molar-refractivity contribution in [2.24, 2.45) is 5.92 Å². The molecule has 0 heterocycles. The standard InChI is InChI=1S/C25H50O4.C13H18O2/c1-2-3-4-5-6-7-8-9-10-11-12-13-14-15-16-17-18-19-20-21-25(28)29-23-24(27)22-26;1-9(2)8-11-4-6-12(7-5-11)10(3)13(14)15/h24,26-27H,2-23H2,1H3;4-7,9-10H,8H2,1-3H3,(H,14,15). The third kappa shape index (κ3) is 26.5. The van der Waals surface area contributed by atoms with Crippen LogP contribution in [0.15, 0.2) is 24.3 Å². The number of carboxylic acid groups (broad SMARTS) is 1. The van der Waals surface area contributed by atoms with E-state index in [0.717, 1.165) is 24.8 Å². The van der Waals surface area contributed by atoms with Gasteiger partial charge >= 0.3 is 11.9 Å². The monoisotopic (exact) mass is 621 g/mol. The number of carbonyl (C=O) groups excluding carboxylic acids is 1. The van der Waals surface area contributed by atoms with Crippen molar-refractivity contribution >= 4 is 11.9 Å². The average molecular weight is 621 g/mol. The Balaban J connectivity index is 0.00000103. The highest BCUT2D eigenvalue weighted by molar-refractivity contribution is 5.75. The van der Waals surface area contributed by atoms with Gasteiger partial charge in [0.05, 0.1) is 12.5 Å². The smallest absolute Gasteiger partial charge is 0.310 e. The molecule has 6 heteroatoms.